The van der Waals surface area contributed by atoms with E-state index in [-0.39, 0.29) is 0 Å². The molecular formula is C16H25NO. The Bertz CT molecular complexity index is 343. The number of nitriles is 1. The van der Waals surface area contributed by atoms with Crippen LogP contribution < -0.4 is 0 Å². The average Bonchev–Trinajstić information content (AvgIpc) is 2.47. The van der Waals surface area contributed by atoms with E-state index in [1.165, 1.54) is 6.42 Å². The van der Waals surface area contributed by atoms with Crippen molar-refractivity contribution in [3.63, 3.8) is 0 Å². The zero-order valence-electron chi connectivity index (χ0n) is 11.4. The third-order valence-electron chi connectivity index (χ3n) is 5.01. The first-order valence-corrected chi connectivity index (χ1v) is 7.46. The fraction of sp³-hybridized carbons (Fsp3) is 0.812. The highest BCUT2D eigenvalue weighted by Gasteiger charge is 2.45. The van der Waals surface area contributed by atoms with Crippen LogP contribution >= 0.6 is 0 Å². The second-order valence-electron chi connectivity index (χ2n) is 6.13. The third-order valence-corrected chi connectivity index (χ3v) is 5.01. The molecule has 2 rings (SSSR count). The Morgan fingerprint density at radius 1 is 1.44 bits per heavy atom. The topological polar surface area (TPSA) is 44.0 Å². The molecule has 2 aliphatic carbocycles. The second-order valence-corrected chi connectivity index (χ2v) is 6.13. The van der Waals surface area contributed by atoms with Crippen LogP contribution in [0.2, 0.25) is 0 Å². The molecule has 100 valence electrons. The molecule has 2 nitrogen and oxygen atoms in total. The van der Waals surface area contributed by atoms with Crippen LogP contribution in [-0.4, -0.2) is 11.2 Å². The van der Waals surface area contributed by atoms with Gasteiger partial charge in [0.2, 0.25) is 0 Å². The number of hydrogen-bond donors (Lipinski definition) is 1. The Kier molecular flexibility index (Phi) is 4.45. The van der Waals surface area contributed by atoms with Gasteiger partial charge in [0.1, 0.15) is 0 Å². The summed E-state index contributed by atoms with van der Waals surface area (Å²) in [5.41, 5.74) is -0.464. The molecule has 0 aromatic carbocycles. The number of hydrogen-bond acceptors (Lipinski definition) is 2. The third kappa shape index (κ3) is 2.62. The fourth-order valence-corrected chi connectivity index (χ4v) is 3.77. The predicted molar refractivity (Wildman–Crippen MR) is 72.8 cm³/mol. The highest BCUT2D eigenvalue weighted by Crippen LogP contribution is 2.46. The molecule has 0 spiro atoms. The van der Waals surface area contributed by atoms with Gasteiger partial charge in [0.25, 0.3) is 0 Å². The van der Waals surface area contributed by atoms with Crippen molar-refractivity contribution in [1.82, 2.24) is 0 Å². The molecule has 4 atom stereocenters. The summed E-state index contributed by atoms with van der Waals surface area (Å²) in [7, 11) is 0. The van der Waals surface area contributed by atoms with E-state index >= 15 is 0 Å². The highest BCUT2D eigenvalue weighted by atomic mass is 16.3. The van der Waals surface area contributed by atoms with Crippen molar-refractivity contribution in [3.05, 3.63) is 12.2 Å². The summed E-state index contributed by atoms with van der Waals surface area (Å²) in [4.78, 5) is 0. The van der Waals surface area contributed by atoms with Gasteiger partial charge in [-0.2, -0.15) is 5.26 Å². The molecule has 0 radical (unpaired) electrons. The summed E-state index contributed by atoms with van der Waals surface area (Å²) < 4.78 is 0. The molecule has 0 saturated heterocycles. The predicted octanol–water partition coefficient (Wildman–Crippen LogP) is 3.81. The lowest BCUT2D eigenvalue weighted by Crippen LogP contribution is -2.43. The maximum absolute atomic E-state index is 10.7. The molecule has 1 fully saturated rings. The molecule has 1 saturated carbocycles. The summed E-state index contributed by atoms with van der Waals surface area (Å²) in [6.45, 7) is 2.20. The lowest BCUT2D eigenvalue weighted by Gasteiger charge is -2.42. The Morgan fingerprint density at radius 3 is 2.89 bits per heavy atom. The standard InChI is InChI=1S/C16H25NO/c1-2-13-7-6-10-16(11-13,12-17)15(18)14-8-4-3-5-9-14/h3-4,13-15,18H,2,5-11H2,1H3. The zero-order chi connectivity index (χ0) is 13.0. The average molecular weight is 247 g/mol. The van der Waals surface area contributed by atoms with Crippen LogP contribution in [-0.2, 0) is 0 Å². The Morgan fingerprint density at radius 2 is 2.28 bits per heavy atom. The van der Waals surface area contributed by atoms with E-state index in [1.807, 2.05) is 0 Å². The van der Waals surface area contributed by atoms with Gasteiger partial charge in [0, 0.05) is 0 Å². The van der Waals surface area contributed by atoms with Crippen LogP contribution in [0.5, 0.6) is 0 Å². The highest BCUT2D eigenvalue weighted by molar-refractivity contribution is 5.09. The van der Waals surface area contributed by atoms with Gasteiger partial charge in [-0.05, 0) is 43.9 Å². The van der Waals surface area contributed by atoms with Crippen molar-refractivity contribution < 1.29 is 5.11 Å². The maximum atomic E-state index is 10.7. The van der Waals surface area contributed by atoms with Crippen LogP contribution in [0.25, 0.3) is 0 Å². The van der Waals surface area contributed by atoms with E-state index in [9.17, 15) is 10.4 Å². The summed E-state index contributed by atoms with van der Waals surface area (Å²) in [6.07, 6.45) is 12.2. The van der Waals surface area contributed by atoms with Crippen LogP contribution in [0, 0.1) is 28.6 Å². The van der Waals surface area contributed by atoms with Crippen LogP contribution in [0.4, 0.5) is 0 Å². The smallest absolute Gasteiger partial charge is 0.0837 e. The summed E-state index contributed by atoms with van der Waals surface area (Å²) in [5, 5.41) is 20.3. The van der Waals surface area contributed by atoms with Crippen LogP contribution in [0.3, 0.4) is 0 Å². The molecule has 18 heavy (non-hydrogen) atoms. The maximum Gasteiger partial charge on any atom is 0.0837 e. The summed E-state index contributed by atoms with van der Waals surface area (Å²) >= 11 is 0. The van der Waals surface area contributed by atoms with E-state index in [0.29, 0.717) is 11.8 Å². The Labute approximate surface area is 111 Å². The molecule has 0 bridgehead atoms. The molecule has 0 aliphatic heterocycles. The zero-order valence-corrected chi connectivity index (χ0v) is 11.4. The number of rotatable bonds is 3. The van der Waals surface area contributed by atoms with Gasteiger partial charge < -0.3 is 5.11 Å². The van der Waals surface area contributed by atoms with Gasteiger partial charge >= 0.3 is 0 Å². The molecular weight excluding hydrogens is 222 g/mol. The Balaban J connectivity index is 2.10. The summed E-state index contributed by atoms with van der Waals surface area (Å²) in [5.74, 6) is 0.928. The van der Waals surface area contributed by atoms with Crippen molar-refractivity contribution in [2.45, 2.75) is 64.4 Å². The van der Waals surface area contributed by atoms with Crippen molar-refractivity contribution in [2.24, 2.45) is 17.3 Å². The molecule has 1 N–H and O–H groups in total. The fourth-order valence-electron chi connectivity index (χ4n) is 3.77. The van der Waals surface area contributed by atoms with Gasteiger partial charge in [-0.25, -0.2) is 0 Å². The Hall–Kier alpha value is -0.810. The van der Waals surface area contributed by atoms with E-state index in [2.05, 4.69) is 25.1 Å². The van der Waals surface area contributed by atoms with E-state index in [1.54, 1.807) is 0 Å². The number of aliphatic hydroxyl groups excluding tert-OH is 1. The van der Waals surface area contributed by atoms with Crippen molar-refractivity contribution in [3.8, 4) is 6.07 Å². The number of aliphatic hydroxyl groups is 1. The minimum absolute atomic E-state index is 0.297. The largest absolute Gasteiger partial charge is 0.391 e. The van der Waals surface area contributed by atoms with Crippen LogP contribution in [0.15, 0.2) is 12.2 Å². The lowest BCUT2D eigenvalue weighted by atomic mass is 9.63. The molecule has 0 amide bonds. The van der Waals surface area contributed by atoms with Crippen molar-refractivity contribution >= 4 is 0 Å². The minimum Gasteiger partial charge on any atom is -0.391 e. The molecule has 4 unspecified atom stereocenters. The van der Waals surface area contributed by atoms with Gasteiger partial charge in [-0.15, -0.1) is 0 Å². The lowest BCUT2D eigenvalue weighted by molar-refractivity contribution is -0.0226. The second kappa shape index (κ2) is 5.89. The van der Waals surface area contributed by atoms with Gasteiger partial charge in [-0.1, -0.05) is 38.3 Å². The minimum atomic E-state index is -0.464. The number of nitrogens with zero attached hydrogens (tertiary/aromatic N) is 1. The first-order valence-electron chi connectivity index (χ1n) is 7.46. The van der Waals surface area contributed by atoms with Crippen LogP contribution in [0.1, 0.15) is 58.3 Å². The normalized spacial score (nSPS) is 38.1. The SMILES string of the molecule is CCC1CCCC(C#N)(C(O)C2CC=CCC2)C1. The van der Waals surface area contributed by atoms with E-state index in [0.717, 1.165) is 44.9 Å². The monoisotopic (exact) mass is 247 g/mol. The van der Waals surface area contributed by atoms with Gasteiger partial charge in [0.15, 0.2) is 0 Å². The molecule has 0 aromatic heterocycles. The van der Waals surface area contributed by atoms with E-state index < -0.39 is 11.5 Å². The van der Waals surface area contributed by atoms with Crippen molar-refractivity contribution in [2.75, 3.05) is 0 Å². The molecule has 2 aliphatic rings. The summed E-state index contributed by atoms with van der Waals surface area (Å²) in [6, 6.07) is 2.50. The van der Waals surface area contributed by atoms with E-state index in [4.69, 9.17) is 0 Å². The quantitative estimate of drug-likeness (QED) is 0.771. The number of allylic oxidation sites excluding steroid dienone is 2. The first kappa shape index (κ1) is 13.6. The molecule has 0 aromatic rings. The molecule has 2 heteroatoms. The van der Waals surface area contributed by atoms with Gasteiger partial charge in [0.05, 0.1) is 17.6 Å². The van der Waals surface area contributed by atoms with Crippen molar-refractivity contribution in [1.29, 1.82) is 5.26 Å². The molecule has 0 heterocycles. The first-order chi connectivity index (χ1) is 8.72. The van der Waals surface area contributed by atoms with Gasteiger partial charge in [-0.3, -0.25) is 0 Å².